The summed E-state index contributed by atoms with van der Waals surface area (Å²) in [5.74, 6) is 0.264. The molecule has 0 saturated carbocycles. The molecular formula is C13H13N3O5. The van der Waals surface area contributed by atoms with Crippen molar-refractivity contribution in [3.8, 4) is 5.75 Å². The standard InChI is InChI=1S/C13H13N3O5/c17-11-5-6-13(14-11)7-15(8-13)12(18)21-10-3-1-9(2-4-10)16(19)20/h1-4H,5-8H2,(H,14,17). The van der Waals surface area contributed by atoms with Crippen molar-refractivity contribution in [2.75, 3.05) is 13.1 Å². The summed E-state index contributed by atoms with van der Waals surface area (Å²) in [6.07, 6.45) is 0.703. The fourth-order valence-corrected chi connectivity index (χ4v) is 2.63. The van der Waals surface area contributed by atoms with Gasteiger partial charge in [-0.3, -0.25) is 14.9 Å². The van der Waals surface area contributed by atoms with Crippen LogP contribution in [0.4, 0.5) is 10.5 Å². The van der Waals surface area contributed by atoms with Crippen molar-refractivity contribution in [2.24, 2.45) is 0 Å². The molecule has 110 valence electrons. The van der Waals surface area contributed by atoms with Crippen molar-refractivity contribution in [3.63, 3.8) is 0 Å². The van der Waals surface area contributed by atoms with E-state index in [0.717, 1.165) is 6.42 Å². The van der Waals surface area contributed by atoms with E-state index in [-0.39, 0.29) is 22.9 Å². The maximum atomic E-state index is 11.9. The summed E-state index contributed by atoms with van der Waals surface area (Å²) in [6.45, 7) is 0.870. The Balaban J connectivity index is 1.56. The molecule has 2 fully saturated rings. The highest BCUT2D eigenvalue weighted by Gasteiger charge is 2.49. The molecule has 3 rings (SSSR count). The Morgan fingerprint density at radius 3 is 2.52 bits per heavy atom. The van der Waals surface area contributed by atoms with Crippen molar-refractivity contribution in [1.29, 1.82) is 0 Å². The number of nitro benzene ring substituents is 1. The molecule has 2 aliphatic rings. The molecule has 1 aromatic rings. The minimum atomic E-state index is -0.520. The van der Waals surface area contributed by atoms with Crippen molar-refractivity contribution in [1.82, 2.24) is 10.2 Å². The zero-order valence-corrected chi connectivity index (χ0v) is 11.1. The molecule has 0 aromatic heterocycles. The van der Waals surface area contributed by atoms with Crippen molar-refractivity contribution < 1.29 is 19.2 Å². The Morgan fingerprint density at radius 1 is 1.33 bits per heavy atom. The van der Waals surface area contributed by atoms with Crippen LogP contribution >= 0.6 is 0 Å². The highest BCUT2D eigenvalue weighted by atomic mass is 16.6. The molecule has 2 amide bonds. The third kappa shape index (κ3) is 2.51. The van der Waals surface area contributed by atoms with Crippen LogP contribution in [0.3, 0.4) is 0 Å². The number of non-ortho nitro benzene ring substituents is 1. The first-order valence-electron chi connectivity index (χ1n) is 6.50. The van der Waals surface area contributed by atoms with E-state index in [1.165, 1.54) is 29.2 Å². The first-order chi connectivity index (χ1) is 9.97. The lowest BCUT2D eigenvalue weighted by Crippen LogP contribution is -2.68. The Kier molecular flexibility index (Phi) is 3.00. The average Bonchev–Trinajstić information content (AvgIpc) is 2.80. The number of likely N-dealkylation sites (tertiary alicyclic amines) is 1. The number of carbonyl (C=O) groups excluding carboxylic acids is 2. The highest BCUT2D eigenvalue weighted by molar-refractivity contribution is 5.81. The Hall–Kier alpha value is -2.64. The fourth-order valence-electron chi connectivity index (χ4n) is 2.63. The van der Waals surface area contributed by atoms with E-state index in [1.54, 1.807) is 0 Å². The number of nitrogens with zero attached hydrogens (tertiary/aromatic N) is 2. The van der Waals surface area contributed by atoms with E-state index in [1.807, 2.05) is 0 Å². The minimum absolute atomic E-state index is 0.0124. The van der Waals surface area contributed by atoms with E-state index in [9.17, 15) is 19.7 Å². The molecule has 0 radical (unpaired) electrons. The predicted molar refractivity (Wildman–Crippen MR) is 70.8 cm³/mol. The molecule has 1 N–H and O–H groups in total. The molecule has 21 heavy (non-hydrogen) atoms. The van der Waals surface area contributed by atoms with Gasteiger partial charge in [-0.05, 0) is 18.6 Å². The van der Waals surface area contributed by atoms with Gasteiger partial charge in [0.2, 0.25) is 5.91 Å². The lowest BCUT2D eigenvalue weighted by atomic mass is 9.89. The molecule has 2 saturated heterocycles. The second kappa shape index (κ2) is 4.72. The topological polar surface area (TPSA) is 102 Å². The fraction of sp³-hybridized carbons (Fsp3) is 0.385. The molecule has 0 unspecified atom stereocenters. The second-order valence-electron chi connectivity index (χ2n) is 5.30. The van der Waals surface area contributed by atoms with Gasteiger partial charge >= 0.3 is 6.09 Å². The summed E-state index contributed by atoms with van der Waals surface area (Å²) < 4.78 is 5.13. The van der Waals surface area contributed by atoms with Gasteiger partial charge in [-0.25, -0.2) is 4.79 Å². The number of nitrogens with one attached hydrogen (secondary N) is 1. The van der Waals surface area contributed by atoms with Crippen LogP contribution in [-0.2, 0) is 4.79 Å². The summed E-state index contributed by atoms with van der Waals surface area (Å²) in [6, 6.07) is 5.31. The van der Waals surface area contributed by atoms with Gasteiger partial charge in [-0.1, -0.05) is 0 Å². The summed E-state index contributed by atoms with van der Waals surface area (Å²) in [5, 5.41) is 13.4. The van der Waals surface area contributed by atoms with Crippen molar-refractivity contribution in [2.45, 2.75) is 18.4 Å². The molecule has 0 atom stereocenters. The molecule has 2 aliphatic heterocycles. The third-order valence-corrected chi connectivity index (χ3v) is 3.73. The van der Waals surface area contributed by atoms with Crippen LogP contribution in [0.25, 0.3) is 0 Å². The summed E-state index contributed by atoms with van der Waals surface area (Å²) in [4.78, 5) is 34.6. The number of amides is 2. The Labute approximate surface area is 119 Å². The number of hydrogen-bond acceptors (Lipinski definition) is 5. The molecular weight excluding hydrogens is 278 g/mol. The van der Waals surface area contributed by atoms with E-state index >= 15 is 0 Å². The van der Waals surface area contributed by atoms with E-state index < -0.39 is 11.0 Å². The number of carbonyl (C=O) groups is 2. The lowest BCUT2D eigenvalue weighted by molar-refractivity contribution is -0.384. The van der Waals surface area contributed by atoms with Gasteiger partial charge in [-0.2, -0.15) is 0 Å². The SMILES string of the molecule is O=C1CCC2(CN(C(=O)Oc3ccc([N+](=O)[O-])cc3)C2)N1. The van der Waals surface area contributed by atoms with Crippen molar-refractivity contribution in [3.05, 3.63) is 34.4 Å². The van der Waals surface area contributed by atoms with Crippen molar-refractivity contribution >= 4 is 17.7 Å². The smallest absolute Gasteiger partial charge is 0.410 e. The second-order valence-corrected chi connectivity index (χ2v) is 5.30. The minimum Gasteiger partial charge on any atom is -0.410 e. The quantitative estimate of drug-likeness (QED) is 0.648. The van der Waals surface area contributed by atoms with Crippen LogP contribution in [0.2, 0.25) is 0 Å². The summed E-state index contributed by atoms with van der Waals surface area (Å²) in [5.41, 5.74) is -0.350. The Morgan fingerprint density at radius 2 is 2.00 bits per heavy atom. The molecule has 0 bridgehead atoms. The first-order valence-corrected chi connectivity index (χ1v) is 6.50. The summed E-state index contributed by atoms with van der Waals surface area (Å²) in [7, 11) is 0. The molecule has 8 nitrogen and oxygen atoms in total. The largest absolute Gasteiger partial charge is 0.415 e. The number of hydrogen-bond donors (Lipinski definition) is 1. The molecule has 0 aliphatic carbocycles. The van der Waals surface area contributed by atoms with Crippen LogP contribution in [0, 0.1) is 10.1 Å². The van der Waals surface area contributed by atoms with E-state index in [4.69, 9.17) is 4.74 Å². The van der Waals surface area contributed by atoms with Gasteiger partial charge in [0.15, 0.2) is 0 Å². The maximum Gasteiger partial charge on any atom is 0.415 e. The molecule has 1 spiro atoms. The number of benzene rings is 1. The third-order valence-electron chi connectivity index (χ3n) is 3.73. The van der Waals surface area contributed by atoms with E-state index in [2.05, 4.69) is 5.32 Å². The van der Waals surface area contributed by atoms with Gasteiger partial charge < -0.3 is 15.0 Å². The molecule has 8 heteroatoms. The number of nitro groups is 1. The van der Waals surface area contributed by atoms with Gasteiger partial charge in [0.1, 0.15) is 5.75 Å². The summed E-state index contributed by atoms with van der Waals surface area (Å²) >= 11 is 0. The van der Waals surface area contributed by atoms with Crippen LogP contribution < -0.4 is 10.1 Å². The van der Waals surface area contributed by atoms with Crippen LogP contribution in [-0.4, -0.2) is 40.5 Å². The van der Waals surface area contributed by atoms with Crippen LogP contribution in [0.1, 0.15) is 12.8 Å². The average molecular weight is 291 g/mol. The molecule has 2 heterocycles. The Bertz CT molecular complexity index is 607. The zero-order valence-electron chi connectivity index (χ0n) is 11.1. The lowest BCUT2D eigenvalue weighted by Gasteiger charge is -2.46. The van der Waals surface area contributed by atoms with Gasteiger partial charge in [-0.15, -0.1) is 0 Å². The first kappa shape index (κ1) is 13.3. The normalized spacial score (nSPS) is 19.0. The predicted octanol–water partition coefficient (Wildman–Crippen LogP) is 1.06. The zero-order chi connectivity index (χ0) is 15.0. The molecule has 1 aromatic carbocycles. The highest BCUT2D eigenvalue weighted by Crippen LogP contribution is 2.31. The van der Waals surface area contributed by atoms with Gasteiger partial charge in [0, 0.05) is 31.6 Å². The van der Waals surface area contributed by atoms with Gasteiger partial charge in [0.05, 0.1) is 10.5 Å². The van der Waals surface area contributed by atoms with Crippen LogP contribution in [0.15, 0.2) is 24.3 Å². The van der Waals surface area contributed by atoms with Crippen LogP contribution in [0.5, 0.6) is 5.75 Å². The monoisotopic (exact) mass is 291 g/mol. The maximum absolute atomic E-state index is 11.9. The number of ether oxygens (including phenoxy) is 1. The van der Waals surface area contributed by atoms with E-state index in [0.29, 0.717) is 19.5 Å². The van der Waals surface area contributed by atoms with Gasteiger partial charge in [0.25, 0.3) is 5.69 Å². The number of rotatable bonds is 2.